The fourth-order valence-electron chi connectivity index (χ4n) is 1.23. The molecule has 5 nitrogen and oxygen atoms in total. The summed E-state index contributed by atoms with van der Waals surface area (Å²) in [6, 6.07) is 0. The smallest absolute Gasteiger partial charge is 0.180 e. The normalized spacial score (nSPS) is 10.4. The van der Waals surface area contributed by atoms with Crippen molar-refractivity contribution in [3.05, 3.63) is 23.2 Å². The molecule has 0 saturated carbocycles. The van der Waals surface area contributed by atoms with E-state index in [0.717, 1.165) is 6.29 Å². The lowest BCUT2D eigenvalue weighted by Gasteiger charge is -2.02. The van der Waals surface area contributed by atoms with Crippen LogP contribution in [0.2, 0.25) is 5.15 Å². The number of aromatic nitrogens is 3. The van der Waals surface area contributed by atoms with Crippen LogP contribution in [0.25, 0.3) is 5.65 Å². The fourth-order valence-corrected chi connectivity index (χ4v) is 1.41. The van der Waals surface area contributed by atoms with Crippen molar-refractivity contribution in [2.24, 2.45) is 0 Å². The Bertz CT molecular complexity index is 493. The number of hydrogen-bond donors (Lipinski definition) is 1. The first-order valence-corrected chi connectivity index (χ1v) is 4.30. The molecule has 2 aromatic heterocycles. The van der Waals surface area contributed by atoms with Gasteiger partial charge in [0.05, 0.1) is 6.20 Å². The van der Waals surface area contributed by atoms with E-state index >= 15 is 0 Å². The summed E-state index contributed by atoms with van der Waals surface area (Å²) in [5.41, 5.74) is 1.03. The van der Waals surface area contributed by atoms with Crippen LogP contribution in [0.15, 0.2) is 12.4 Å². The van der Waals surface area contributed by atoms with Gasteiger partial charge < -0.3 is 5.32 Å². The summed E-state index contributed by atoms with van der Waals surface area (Å²) in [6.45, 7) is 0. The Hall–Kier alpha value is -1.62. The van der Waals surface area contributed by atoms with Gasteiger partial charge in [0.15, 0.2) is 17.8 Å². The average molecular weight is 211 g/mol. The Morgan fingerprint density at radius 2 is 2.43 bits per heavy atom. The summed E-state index contributed by atoms with van der Waals surface area (Å²) in [6.07, 6.45) is 3.74. The fraction of sp³-hybridized carbons (Fsp3) is 0.125. The average Bonchev–Trinajstić information content (AvgIpc) is 2.59. The summed E-state index contributed by atoms with van der Waals surface area (Å²) < 4.78 is 1.59. The Balaban J connectivity index is 2.83. The standard InChI is InChI=1S/C8H7ClN4O/c1-10-7-8-11-2-5(4-14)13(8)3-6(9)12-7/h2-4H,1H3,(H,10,12). The van der Waals surface area contributed by atoms with Crippen molar-refractivity contribution in [2.75, 3.05) is 12.4 Å². The summed E-state index contributed by atoms with van der Waals surface area (Å²) in [4.78, 5) is 18.7. The number of carbonyl (C=O) groups excluding carboxylic acids is 1. The highest BCUT2D eigenvalue weighted by atomic mass is 35.5. The maximum absolute atomic E-state index is 10.6. The Morgan fingerprint density at radius 1 is 1.64 bits per heavy atom. The number of fused-ring (bicyclic) bond motifs is 1. The van der Waals surface area contributed by atoms with Crippen molar-refractivity contribution in [2.45, 2.75) is 0 Å². The van der Waals surface area contributed by atoms with E-state index in [-0.39, 0.29) is 0 Å². The topological polar surface area (TPSA) is 59.3 Å². The Morgan fingerprint density at radius 3 is 3.07 bits per heavy atom. The van der Waals surface area contributed by atoms with Crippen molar-refractivity contribution < 1.29 is 4.79 Å². The van der Waals surface area contributed by atoms with Crippen LogP contribution < -0.4 is 5.32 Å². The molecule has 6 heteroatoms. The minimum absolute atomic E-state index is 0.308. The Kier molecular flexibility index (Phi) is 2.09. The van der Waals surface area contributed by atoms with Gasteiger partial charge in [-0.1, -0.05) is 11.6 Å². The minimum atomic E-state index is 0.308. The van der Waals surface area contributed by atoms with E-state index in [1.54, 1.807) is 17.6 Å². The number of rotatable bonds is 2. The van der Waals surface area contributed by atoms with Crippen molar-refractivity contribution in [1.29, 1.82) is 0 Å². The van der Waals surface area contributed by atoms with Gasteiger partial charge in [-0.15, -0.1) is 0 Å². The molecule has 0 aliphatic carbocycles. The van der Waals surface area contributed by atoms with Crippen LogP contribution in [0.1, 0.15) is 10.5 Å². The quantitative estimate of drug-likeness (QED) is 0.758. The molecule has 0 unspecified atom stereocenters. The molecule has 2 rings (SSSR count). The second-order valence-electron chi connectivity index (χ2n) is 2.66. The third-order valence-corrected chi connectivity index (χ3v) is 2.03. The van der Waals surface area contributed by atoms with E-state index in [2.05, 4.69) is 15.3 Å². The molecule has 0 atom stereocenters. The zero-order valence-corrected chi connectivity index (χ0v) is 8.12. The predicted octanol–water partition coefficient (Wildman–Crippen LogP) is 1.24. The molecule has 0 spiro atoms. The molecule has 0 aliphatic rings. The molecule has 2 heterocycles. The molecule has 0 radical (unpaired) electrons. The highest BCUT2D eigenvalue weighted by Crippen LogP contribution is 2.17. The molecule has 14 heavy (non-hydrogen) atoms. The second-order valence-corrected chi connectivity index (χ2v) is 3.04. The minimum Gasteiger partial charge on any atom is -0.370 e. The molecule has 0 amide bonds. The van der Waals surface area contributed by atoms with Crippen molar-refractivity contribution in [1.82, 2.24) is 14.4 Å². The summed E-state index contributed by atoms with van der Waals surface area (Å²) in [5, 5.41) is 3.16. The number of nitrogens with one attached hydrogen (secondary N) is 1. The maximum Gasteiger partial charge on any atom is 0.180 e. The number of halogens is 1. The number of aldehydes is 1. The SMILES string of the molecule is CNc1nc(Cl)cn2c(C=O)cnc12. The van der Waals surface area contributed by atoms with Crippen LogP contribution in [0.5, 0.6) is 0 Å². The molecule has 72 valence electrons. The van der Waals surface area contributed by atoms with Gasteiger partial charge in [-0.3, -0.25) is 9.20 Å². The zero-order valence-electron chi connectivity index (χ0n) is 7.36. The van der Waals surface area contributed by atoms with Crippen LogP contribution in [0.3, 0.4) is 0 Å². The molecule has 0 aliphatic heterocycles. The number of imidazole rings is 1. The first kappa shape index (κ1) is 8.96. The van der Waals surface area contributed by atoms with Crippen LogP contribution >= 0.6 is 11.6 Å². The van der Waals surface area contributed by atoms with Gasteiger partial charge in [-0.05, 0) is 0 Å². The largest absolute Gasteiger partial charge is 0.370 e. The zero-order chi connectivity index (χ0) is 10.1. The molecular weight excluding hydrogens is 204 g/mol. The molecular formula is C8H7ClN4O. The van der Waals surface area contributed by atoms with E-state index in [1.165, 1.54) is 6.20 Å². The number of anilines is 1. The van der Waals surface area contributed by atoms with E-state index < -0.39 is 0 Å². The van der Waals surface area contributed by atoms with Gasteiger partial charge in [0, 0.05) is 13.2 Å². The molecule has 0 fully saturated rings. The van der Waals surface area contributed by atoms with Gasteiger partial charge in [0.2, 0.25) is 0 Å². The van der Waals surface area contributed by atoms with E-state index in [1.807, 2.05) is 0 Å². The number of hydrogen-bond acceptors (Lipinski definition) is 4. The third kappa shape index (κ3) is 1.22. The highest BCUT2D eigenvalue weighted by Gasteiger charge is 2.08. The lowest BCUT2D eigenvalue weighted by Crippen LogP contribution is -1.99. The molecule has 1 N–H and O–H groups in total. The first-order valence-electron chi connectivity index (χ1n) is 3.93. The van der Waals surface area contributed by atoms with Gasteiger partial charge in [0.25, 0.3) is 0 Å². The van der Waals surface area contributed by atoms with E-state index in [0.29, 0.717) is 22.3 Å². The summed E-state index contributed by atoms with van der Waals surface area (Å²) >= 11 is 5.77. The van der Waals surface area contributed by atoms with Crippen molar-refractivity contribution >= 4 is 29.4 Å². The monoisotopic (exact) mass is 210 g/mol. The summed E-state index contributed by atoms with van der Waals surface area (Å²) in [7, 11) is 1.72. The molecule has 0 aromatic carbocycles. The van der Waals surface area contributed by atoms with E-state index in [4.69, 9.17) is 11.6 Å². The first-order chi connectivity index (χ1) is 6.76. The molecule has 0 bridgehead atoms. The van der Waals surface area contributed by atoms with Gasteiger partial charge in [-0.2, -0.15) is 0 Å². The van der Waals surface area contributed by atoms with Gasteiger partial charge >= 0.3 is 0 Å². The van der Waals surface area contributed by atoms with Crippen LogP contribution in [0, 0.1) is 0 Å². The van der Waals surface area contributed by atoms with E-state index in [9.17, 15) is 4.79 Å². The van der Waals surface area contributed by atoms with Crippen molar-refractivity contribution in [3.8, 4) is 0 Å². The second kappa shape index (κ2) is 3.26. The number of nitrogens with zero attached hydrogens (tertiary/aromatic N) is 3. The Labute approximate surface area is 84.7 Å². The van der Waals surface area contributed by atoms with Gasteiger partial charge in [0.1, 0.15) is 10.8 Å². The maximum atomic E-state index is 10.6. The lowest BCUT2D eigenvalue weighted by atomic mass is 10.5. The van der Waals surface area contributed by atoms with Gasteiger partial charge in [-0.25, -0.2) is 9.97 Å². The van der Waals surface area contributed by atoms with Crippen LogP contribution in [-0.4, -0.2) is 27.7 Å². The highest BCUT2D eigenvalue weighted by molar-refractivity contribution is 6.29. The molecule has 0 saturated heterocycles. The number of carbonyl (C=O) groups is 1. The lowest BCUT2D eigenvalue weighted by molar-refractivity contribution is 0.111. The third-order valence-electron chi connectivity index (χ3n) is 1.85. The van der Waals surface area contributed by atoms with Crippen molar-refractivity contribution in [3.63, 3.8) is 0 Å². The predicted molar refractivity (Wildman–Crippen MR) is 52.9 cm³/mol. The van der Waals surface area contributed by atoms with Crippen LogP contribution in [0.4, 0.5) is 5.82 Å². The summed E-state index contributed by atoms with van der Waals surface area (Å²) in [5.74, 6) is 0.547. The van der Waals surface area contributed by atoms with Crippen LogP contribution in [-0.2, 0) is 0 Å². The molecule has 2 aromatic rings.